The number of nitriles is 2. The number of hydrogen-bond donors (Lipinski definition) is 1. The van der Waals surface area contributed by atoms with Gasteiger partial charge in [0.2, 0.25) is 0 Å². The number of nitrogens with zero attached hydrogens (tertiary/aromatic N) is 8. The van der Waals surface area contributed by atoms with Gasteiger partial charge in [0, 0.05) is 22.7 Å². The molecule has 1 N–H and O–H groups in total. The molecule has 0 atom stereocenters. The maximum Gasteiger partial charge on any atom is 0.159 e. The summed E-state index contributed by atoms with van der Waals surface area (Å²) in [6, 6.07) is 12.2. The van der Waals surface area contributed by atoms with Crippen LogP contribution >= 0.6 is 0 Å². The molecule has 1 aromatic carbocycles. The van der Waals surface area contributed by atoms with Gasteiger partial charge in [-0.15, -0.1) is 0 Å². The van der Waals surface area contributed by atoms with Crippen LogP contribution in [-0.4, -0.2) is 48.3 Å². The highest BCUT2D eigenvalue weighted by Gasteiger charge is 2.48. The van der Waals surface area contributed by atoms with Gasteiger partial charge in [0.05, 0.1) is 60.7 Å². The van der Waals surface area contributed by atoms with Crippen LogP contribution in [0, 0.1) is 28.6 Å². The lowest BCUT2D eigenvalue weighted by atomic mass is 9.68. The Morgan fingerprint density at radius 3 is 2.71 bits per heavy atom. The Hall–Kier alpha value is -4.41. The van der Waals surface area contributed by atoms with Crippen LogP contribution in [0.4, 0.5) is 0 Å². The summed E-state index contributed by atoms with van der Waals surface area (Å²) in [4.78, 5) is 14.9. The van der Waals surface area contributed by atoms with Crippen molar-refractivity contribution in [2.24, 2.45) is 5.92 Å². The van der Waals surface area contributed by atoms with Crippen LogP contribution in [0.2, 0.25) is 0 Å². The molecule has 0 radical (unpaired) electrons. The molecular weight excluding hydrogens is 432 g/mol. The highest BCUT2D eigenvalue weighted by atomic mass is 16.5. The summed E-state index contributed by atoms with van der Waals surface area (Å²) in [6.45, 7) is 0.0831. The molecule has 3 heterocycles. The van der Waals surface area contributed by atoms with Gasteiger partial charge in [-0.3, -0.25) is 4.98 Å². The molecule has 5 rings (SSSR count). The summed E-state index contributed by atoms with van der Waals surface area (Å²) in [5, 5.41) is 37.6. The van der Waals surface area contributed by atoms with E-state index in [9.17, 15) is 10.5 Å². The fourth-order valence-corrected chi connectivity index (χ4v) is 4.32. The zero-order valence-corrected chi connectivity index (χ0v) is 18.2. The summed E-state index contributed by atoms with van der Waals surface area (Å²) < 4.78 is 5.34. The molecule has 10 heteroatoms. The van der Waals surface area contributed by atoms with E-state index in [1.54, 1.807) is 29.6 Å². The number of benzene rings is 1. The Morgan fingerprint density at radius 1 is 1.15 bits per heavy atom. The van der Waals surface area contributed by atoms with Gasteiger partial charge >= 0.3 is 0 Å². The van der Waals surface area contributed by atoms with Crippen molar-refractivity contribution in [2.45, 2.75) is 24.8 Å². The topological polar surface area (TPSA) is 146 Å². The number of aliphatic hydroxyl groups excluding tert-OH is 1. The SMILES string of the molecule is N#CC[C@]1(n2ncc(-c3cc(-c4ncc(OCCO)cn4)cc4ncccc34)n2)C[C@@H](C#N)C1. The summed E-state index contributed by atoms with van der Waals surface area (Å²) in [7, 11) is 0. The molecule has 34 heavy (non-hydrogen) atoms. The summed E-state index contributed by atoms with van der Waals surface area (Å²) in [5.41, 5.74) is 2.42. The summed E-state index contributed by atoms with van der Waals surface area (Å²) in [6.07, 6.45) is 7.89. The molecule has 1 aliphatic carbocycles. The number of aliphatic hydroxyl groups is 1. The monoisotopic (exact) mass is 452 g/mol. The number of hydrogen-bond acceptors (Lipinski definition) is 9. The van der Waals surface area contributed by atoms with Crippen molar-refractivity contribution >= 4 is 10.9 Å². The second-order valence-electron chi connectivity index (χ2n) is 8.22. The number of ether oxygens (including phenoxy) is 1. The van der Waals surface area contributed by atoms with Crippen LogP contribution in [0.15, 0.2) is 49.1 Å². The Balaban J connectivity index is 1.54. The molecule has 1 fully saturated rings. The van der Waals surface area contributed by atoms with Crippen LogP contribution in [0.3, 0.4) is 0 Å². The molecule has 4 aromatic rings. The zero-order chi connectivity index (χ0) is 23.5. The van der Waals surface area contributed by atoms with Gasteiger partial charge < -0.3 is 9.84 Å². The van der Waals surface area contributed by atoms with Gasteiger partial charge in [-0.2, -0.15) is 25.5 Å². The lowest BCUT2D eigenvalue weighted by Crippen LogP contribution is -2.47. The quantitative estimate of drug-likeness (QED) is 0.447. The molecule has 0 amide bonds. The lowest BCUT2D eigenvalue weighted by molar-refractivity contribution is 0.0713. The third kappa shape index (κ3) is 3.81. The minimum absolute atomic E-state index is 0.0855. The smallest absolute Gasteiger partial charge is 0.159 e. The first-order chi connectivity index (χ1) is 16.7. The number of pyridine rings is 1. The van der Waals surface area contributed by atoms with Gasteiger partial charge in [-0.25, -0.2) is 9.97 Å². The maximum atomic E-state index is 9.34. The first kappa shape index (κ1) is 21.4. The van der Waals surface area contributed by atoms with E-state index in [0.29, 0.717) is 30.1 Å². The van der Waals surface area contributed by atoms with Gasteiger partial charge in [0.1, 0.15) is 12.3 Å². The van der Waals surface area contributed by atoms with Gasteiger partial charge in [-0.1, -0.05) is 6.07 Å². The first-order valence-electron chi connectivity index (χ1n) is 10.8. The largest absolute Gasteiger partial charge is 0.488 e. The third-order valence-corrected chi connectivity index (χ3v) is 6.00. The molecule has 0 unspecified atom stereocenters. The molecule has 10 nitrogen and oxygen atoms in total. The summed E-state index contributed by atoms with van der Waals surface area (Å²) >= 11 is 0. The Morgan fingerprint density at radius 2 is 1.97 bits per heavy atom. The second kappa shape index (κ2) is 8.85. The zero-order valence-electron chi connectivity index (χ0n) is 18.2. The van der Waals surface area contributed by atoms with Gasteiger partial charge in [-0.05, 0) is 31.0 Å². The first-order valence-corrected chi connectivity index (χ1v) is 10.8. The second-order valence-corrected chi connectivity index (χ2v) is 8.22. The van der Waals surface area contributed by atoms with Crippen LogP contribution in [-0.2, 0) is 5.54 Å². The van der Waals surface area contributed by atoms with Crippen molar-refractivity contribution in [2.75, 3.05) is 13.2 Å². The molecule has 1 aliphatic rings. The predicted octanol–water partition coefficient (Wildman–Crippen LogP) is 2.86. The lowest BCUT2D eigenvalue weighted by Gasteiger charge is -2.42. The van der Waals surface area contributed by atoms with E-state index in [1.807, 2.05) is 24.3 Å². The minimum Gasteiger partial charge on any atom is -0.488 e. The molecule has 1 saturated carbocycles. The Kier molecular flexibility index (Phi) is 5.58. The van der Waals surface area contributed by atoms with Crippen molar-refractivity contribution in [3.05, 3.63) is 49.1 Å². The normalized spacial score (nSPS) is 19.2. The molecule has 0 bridgehead atoms. The highest BCUT2D eigenvalue weighted by molar-refractivity contribution is 5.96. The molecule has 0 aliphatic heterocycles. The van der Waals surface area contributed by atoms with Crippen LogP contribution in [0.1, 0.15) is 19.3 Å². The van der Waals surface area contributed by atoms with Gasteiger partial charge in [0.15, 0.2) is 11.6 Å². The Bertz CT molecular complexity index is 1410. The number of aromatic nitrogens is 6. The van der Waals surface area contributed by atoms with Crippen LogP contribution in [0.25, 0.3) is 33.5 Å². The van der Waals surface area contributed by atoms with Crippen molar-refractivity contribution < 1.29 is 9.84 Å². The van der Waals surface area contributed by atoms with Crippen molar-refractivity contribution in [3.8, 4) is 40.5 Å². The molecule has 0 saturated heterocycles. The van der Waals surface area contributed by atoms with E-state index in [0.717, 1.165) is 22.0 Å². The Labute approximate surface area is 195 Å². The van der Waals surface area contributed by atoms with E-state index < -0.39 is 5.54 Å². The standard InChI is InChI=1S/C24H20N8O2/c25-4-3-24(10-16(11-24)12-26)32-30-15-22(31-32)20-8-17(9-21-19(20)2-1-5-27-21)23-28-13-18(14-29-23)34-7-6-33/h1-2,5,8-9,13-16,33H,3,6-7,10-11H2/t16-,24+. The number of fused-ring (bicyclic) bond motifs is 1. The van der Waals surface area contributed by atoms with E-state index in [4.69, 9.17) is 14.9 Å². The maximum absolute atomic E-state index is 9.34. The molecule has 0 spiro atoms. The van der Waals surface area contributed by atoms with Crippen LogP contribution < -0.4 is 4.74 Å². The predicted molar refractivity (Wildman–Crippen MR) is 121 cm³/mol. The van der Waals surface area contributed by atoms with Gasteiger partial charge in [0.25, 0.3) is 0 Å². The fourth-order valence-electron chi connectivity index (χ4n) is 4.32. The molecule has 3 aromatic heterocycles. The van der Waals surface area contributed by atoms with Crippen molar-refractivity contribution in [1.82, 2.24) is 29.9 Å². The van der Waals surface area contributed by atoms with E-state index >= 15 is 0 Å². The average Bonchev–Trinajstić information content (AvgIpc) is 3.35. The molecule has 168 valence electrons. The van der Waals surface area contributed by atoms with Crippen molar-refractivity contribution in [1.29, 1.82) is 10.5 Å². The minimum atomic E-state index is -0.549. The molecular formula is C24H20N8O2. The van der Waals surface area contributed by atoms with E-state index in [-0.39, 0.29) is 25.6 Å². The highest BCUT2D eigenvalue weighted by Crippen LogP contribution is 2.45. The third-order valence-electron chi connectivity index (χ3n) is 6.00. The number of rotatable bonds is 7. The average molecular weight is 452 g/mol. The van der Waals surface area contributed by atoms with Crippen molar-refractivity contribution in [3.63, 3.8) is 0 Å². The fraction of sp³-hybridized carbons (Fsp3) is 0.292. The van der Waals surface area contributed by atoms with E-state index in [2.05, 4.69) is 32.2 Å². The summed E-state index contributed by atoms with van der Waals surface area (Å²) in [5.74, 6) is 0.880. The van der Waals surface area contributed by atoms with E-state index in [1.165, 1.54) is 0 Å². The van der Waals surface area contributed by atoms with Crippen LogP contribution in [0.5, 0.6) is 5.75 Å².